The van der Waals surface area contributed by atoms with E-state index in [2.05, 4.69) is 25.6 Å². The lowest BCUT2D eigenvalue weighted by Crippen LogP contribution is -2.13. The minimum absolute atomic E-state index is 0.213. The molecule has 0 fully saturated rings. The van der Waals surface area contributed by atoms with E-state index in [0.29, 0.717) is 18.1 Å². The number of amides is 1. The van der Waals surface area contributed by atoms with E-state index >= 15 is 0 Å². The van der Waals surface area contributed by atoms with Crippen molar-refractivity contribution < 1.29 is 9.21 Å². The number of nitrogens with zero attached hydrogens (tertiary/aromatic N) is 3. The summed E-state index contributed by atoms with van der Waals surface area (Å²) in [5.74, 6) is 0.0725. The number of oxazole rings is 1. The molecule has 3 aromatic rings. The summed E-state index contributed by atoms with van der Waals surface area (Å²) in [5, 5.41) is 5.88. The lowest BCUT2D eigenvalue weighted by atomic mass is 10.3. The second-order valence-corrected chi connectivity index (χ2v) is 4.65. The smallest absolute Gasteiger partial charge is 0.277 e. The lowest BCUT2D eigenvalue weighted by Gasteiger charge is -2.09. The first-order valence-electron chi connectivity index (χ1n) is 6.81. The number of anilines is 3. The number of nitrogen functional groups attached to an aromatic ring is 1. The fourth-order valence-corrected chi connectivity index (χ4v) is 1.93. The van der Waals surface area contributed by atoms with Crippen LogP contribution in [0.25, 0.3) is 0 Å². The first-order chi connectivity index (χ1) is 11.2. The van der Waals surface area contributed by atoms with E-state index in [0.717, 1.165) is 11.4 Å². The molecule has 4 N–H and O–H groups in total. The molecular weight excluding hydrogens is 296 g/mol. The Morgan fingerprint density at radius 3 is 2.91 bits per heavy atom. The van der Waals surface area contributed by atoms with Crippen molar-refractivity contribution in [1.82, 2.24) is 15.0 Å². The van der Waals surface area contributed by atoms with Gasteiger partial charge in [0.2, 0.25) is 0 Å². The predicted molar refractivity (Wildman–Crippen MR) is 84.7 cm³/mol. The van der Waals surface area contributed by atoms with E-state index < -0.39 is 0 Å². The van der Waals surface area contributed by atoms with Crippen LogP contribution in [0.3, 0.4) is 0 Å². The predicted octanol–water partition coefficient (Wildman–Crippen LogP) is 1.91. The van der Waals surface area contributed by atoms with Crippen LogP contribution in [0.4, 0.5) is 17.2 Å². The van der Waals surface area contributed by atoms with Gasteiger partial charge in [0.15, 0.2) is 12.1 Å². The molecule has 23 heavy (non-hydrogen) atoms. The van der Waals surface area contributed by atoms with Gasteiger partial charge in [-0.05, 0) is 24.3 Å². The first kappa shape index (κ1) is 14.5. The maximum Gasteiger partial charge on any atom is 0.277 e. The Bertz CT molecular complexity index is 803. The van der Waals surface area contributed by atoms with Gasteiger partial charge in [0.05, 0.1) is 17.9 Å². The van der Waals surface area contributed by atoms with E-state index in [4.69, 9.17) is 10.2 Å². The number of hydrogen-bond donors (Lipinski definition) is 3. The van der Waals surface area contributed by atoms with Gasteiger partial charge in [0, 0.05) is 18.1 Å². The van der Waals surface area contributed by atoms with Gasteiger partial charge < -0.3 is 20.8 Å². The summed E-state index contributed by atoms with van der Waals surface area (Å²) in [6.07, 6.45) is 5.72. The lowest BCUT2D eigenvalue weighted by molar-refractivity contribution is 0.102. The van der Waals surface area contributed by atoms with E-state index in [9.17, 15) is 4.79 Å². The average molecular weight is 310 g/mol. The van der Waals surface area contributed by atoms with Gasteiger partial charge >= 0.3 is 0 Å². The summed E-state index contributed by atoms with van der Waals surface area (Å²) in [6.45, 7) is 0.448. The van der Waals surface area contributed by atoms with E-state index in [1.165, 1.54) is 12.7 Å². The van der Waals surface area contributed by atoms with E-state index in [1.807, 2.05) is 6.07 Å². The molecule has 1 amide bonds. The topological polar surface area (TPSA) is 119 Å². The number of aromatic nitrogens is 3. The number of carbonyl (C=O) groups excluding carboxylic acids is 1. The number of nitrogens with two attached hydrogens (primary N) is 1. The fraction of sp³-hybridized carbons (Fsp3) is 0.0667. The summed E-state index contributed by atoms with van der Waals surface area (Å²) < 4.78 is 4.78. The monoisotopic (exact) mass is 310 g/mol. The van der Waals surface area contributed by atoms with Crippen LogP contribution >= 0.6 is 0 Å². The van der Waals surface area contributed by atoms with E-state index in [-0.39, 0.29) is 11.6 Å². The molecule has 0 atom stereocenters. The van der Waals surface area contributed by atoms with Crippen molar-refractivity contribution in [3.63, 3.8) is 0 Å². The molecule has 0 aliphatic rings. The molecule has 0 radical (unpaired) electrons. The van der Waals surface area contributed by atoms with Crippen molar-refractivity contribution in [2.45, 2.75) is 6.54 Å². The highest BCUT2D eigenvalue weighted by Gasteiger charge is 2.09. The third kappa shape index (κ3) is 3.62. The van der Waals surface area contributed by atoms with Gasteiger partial charge in [-0.1, -0.05) is 0 Å². The first-order valence-corrected chi connectivity index (χ1v) is 6.81. The van der Waals surface area contributed by atoms with Gasteiger partial charge in [-0.3, -0.25) is 9.78 Å². The molecule has 8 heteroatoms. The molecule has 0 aliphatic carbocycles. The quantitative estimate of drug-likeness (QED) is 0.658. The van der Waals surface area contributed by atoms with Crippen LogP contribution < -0.4 is 16.4 Å². The SMILES string of the molecule is Nc1ncccc1NCc1cc(NC(=O)c2cocn2)ccn1. The Labute approximate surface area is 131 Å². The normalized spacial score (nSPS) is 10.3. The minimum Gasteiger partial charge on any atom is -0.451 e. The highest BCUT2D eigenvalue weighted by molar-refractivity contribution is 6.02. The Hall–Kier alpha value is -3.42. The average Bonchev–Trinajstić information content (AvgIpc) is 3.09. The molecular formula is C15H14N6O2. The van der Waals surface area contributed by atoms with Crippen LogP contribution in [0.5, 0.6) is 0 Å². The number of nitrogens with one attached hydrogen (secondary N) is 2. The second kappa shape index (κ2) is 6.56. The van der Waals surface area contributed by atoms with Crippen LogP contribution in [-0.4, -0.2) is 20.9 Å². The summed E-state index contributed by atoms with van der Waals surface area (Å²) in [7, 11) is 0. The Balaban J connectivity index is 1.65. The van der Waals surface area contributed by atoms with Crippen LogP contribution in [0, 0.1) is 0 Å². The van der Waals surface area contributed by atoms with Crippen molar-refractivity contribution >= 4 is 23.1 Å². The molecule has 3 heterocycles. The highest BCUT2D eigenvalue weighted by atomic mass is 16.3. The third-order valence-corrected chi connectivity index (χ3v) is 3.04. The standard InChI is InChI=1S/C15H14N6O2/c16-14-12(2-1-4-18-14)19-7-11-6-10(3-5-17-11)21-15(22)13-8-23-9-20-13/h1-6,8-9,19H,7H2,(H2,16,18)(H,17,21,22). The molecule has 0 aromatic carbocycles. The largest absolute Gasteiger partial charge is 0.451 e. The summed E-state index contributed by atoms with van der Waals surface area (Å²) in [5.41, 5.74) is 8.07. The van der Waals surface area contributed by atoms with Gasteiger partial charge in [0.25, 0.3) is 5.91 Å². The zero-order valence-corrected chi connectivity index (χ0v) is 12.1. The maximum atomic E-state index is 11.9. The number of hydrogen-bond acceptors (Lipinski definition) is 7. The Morgan fingerprint density at radius 2 is 2.13 bits per heavy atom. The molecule has 8 nitrogen and oxygen atoms in total. The second-order valence-electron chi connectivity index (χ2n) is 4.65. The zero-order valence-electron chi connectivity index (χ0n) is 12.1. The summed E-state index contributed by atoms with van der Waals surface area (Å²) in [4.78, 5) is 24.0. The molecule has 0 spiro atoms. The van der Waals surface area contributed by atoms with Crippen LogP contribution in [0.15, 0.2) is 53.7 Å². The molecule has 3 aromatic heterocycles. The van der Waals surface area contributed by atoms with Gasteiger partial charge in [-0.25, -0.2) is 9.97 Å². The highest BCUT2D eigenvalue weighted by Crippen LogP contribution is 2.16. The van der Waals surface area contributed by atoms with Crippen LogP contribution in [0.2, 0.25) is 0 Å². The summed E-state index contributed by atoms with van der Waals surface area (Å²) in [6, 6.07) is 7.08. The van der Waals surface area contributed by atoms with Crippen molar-refractivity contribution in [3.05, 3.63) is 60.7 Å². The van der Waals surface area contributed by atoms with Crippen LogP contribution in [0.1, 0.15) is 16.2 Å². The van der Waals surface area contributed by atoms with Gasteiger partial charge in [0.1, 0.15) is 12.1 Å². The summed E-state index contributed by atoms with van der Waals surface area (Å²) >= 11 is 0. The van der Waals surface area contributed by atoms with Crippen LogP contribution in [-0.2, 0) is 6.54 Å². The third-order valence-electron chi connectivity index (χ3n) is 3.04. The molecule has 116 valence electrons. The molecule has 3 rings (SSSR count). The van der Waals surface area contributed by atoms with Gasteiger partial charge in [-0.2, -0.15) is 0 Å². The number of pyridine rings is 2. The van der Waals surface area contributed by atoms with Crippen molar-refractivity contribution in [2.75, 3.05) is 16.4 Å². The molecule has 0 bridgehead atoms. The molecule has 0 aliphatic heterocycles. The van der Waals surface area contributed by atoms with Crippen molar-refractivity contribution in [1.29, 1.82) is 0 Å². The fourth-order valence-electron chi connectivity index (χ4n) is 1.93. The zero-order chi connectivity index (χ0) is 16.1. The van der Waals surface area contributed by atoms with Crippen molar-refractivity contribution in [3.8, 4) is 0 Å². The van der Waals surface area contributed by atoms with Gasteiger partial charge in [-0.15, -0.1) is 0 Å². The minimum atomic E-state index is -0.347. The Morgan fingerprint density at radius 1 is 1.22 bits per heavy atom. The molecule has 0 saturated heterocycles. The van der Waals surface area contributed by atoms with E-state index in [1.54, 1.807) is 30.6 Å². The molecule has 0 saturated carbocycles. The maximum absolute atomic E-state index is 11.9. The number of carbonyl (C=O) groups is 1. The molecule has 0 unspecified atom stereocenters. The number of rotatable bonds is 5. The van der Waals surface area contributed by atoms with Crippen molar-refractivity contribution in [2.24, 2.45) is 0 Å². The Kier molecular flexibility index (Phi) is 4.14.